The van der Waals surface area contributed by atoms with Gasteiger partial charge in [0.15, 0.2) is 0 Å². The number of fused-ring (bicyclic) bond motifs is 1. The standard InChI is InChI=1S/C12H17NO3S2/c14-3-5-16-4-2-13-12(15)11-7-9-8-17-6-1-10(9)18-11/h7,14H,1-6,8H2,(H,13,15). The van der Waals surface area contributed by atoms with Crippen molar-refractivity contribution in [1.82, 2.24) is 5.32 Å². The summed E-state index contributed by atoms with van der Waals surface area (Å²) in [5.74, 6) is 2.16. The molecule has 2 rings (SSSR count). The van der Waals surface area contributed by atoms with Gasteiger partial charge in [-0.05, 0) is 23.8 Å². The highest BCUT2D eigenvalue weighted by atomic mass is 32.2. The maximum Gasteiger partial charge on any atom is 0.261 e. The summed E-state index contributed by atoms with van der Waals surface area (Å²) in [4.78, 5) is 14.0. The molecule has 2 N–H and O–H groups in total. The van der Waals surface area contributed by atoms with Gasteiger partial charge in [0.1, 0.15) is 0 Å². The lowest BCUT2D eigenvalue weighted by molar-refractivity contribution is 0.0840. The number of carbonyl (C=O) groups is 1. The van der Waals surface area contributed by atoms with Gasteiger partial charge in [-0.15, -0.1) is 11.3 Å². The summed E-state index contributed by atoms with van der Waals surface area (Å²) in [6.07, 6.45) is 1.08. The predicted molar refractivity (Wildman–Crippen MR) is 74.4 cm³/mol. The quantitative estimate of drug-likeness (QED) is 0.774. The van der Waals surface area contributed by atoms with Gasteiger partial charge in [-0.2, -0.15) is 11.8 Å². The van der Waals surface area contributed by atoms with Crippen LogP contribution in [0.4, 0.5) is 0 Å². The molecule has 18 heavy (non-hydrogen) atoms. The number of thioether (sulfide) groups is 1. The Bertz CT molecular complexity index is 383. The fourth-order valence-corrected chi connectivity index (χ4v) is 4.04. The summed E-state index contributed by atoms with van der Waals surface area (Å²) in [7, 11) is 0. The molecule has 1 aliphatic heterocycles. The van der Waals surface area contributed by atoms with Crippen molar-refractivity contribution < 1.29 is 14.6 Å². The first-order valence-corrected chi connectivity index (χ1v) is 7.94. The van der Waals surface area contributed by atoms with Crippen LogP contribution in [0.15, 0.2) is 6.07 Å². The Morgan fingerprint density at radius 2 is 2.39 bits per heavy atom. The zero-order valence-corrected chi connectivity index (χ0v) is 11.7. The average Bonchev–Trinajstić information content (AvgIpc) is 2.82. The third-order valence-corrected chi connectivity index (χ3v) is 4.86. The molecule has 0 fully saturated rings. The van der Waals surface area contributed by atoms with Crippen LogP contribution in [-0.2, 0) is 16.9 Å². The van der Waals surface area contributed by atoms with Gasteiger partial charge < -0.3 is 15.2 Å². The summed E-state index contributed by atoms with van der Waals surface area (Å²) in [5.41, 5.74) is 1.32. The van der Waals surface area contributed by atoms with E-state index in [1.165, 1.54) is 10.4 Å². The van der Waals surface area contributed by atoms with Crippen molar-refractivity contribution in [1.29, 1.82) is 0 Å². The van der Waals surface area contributed by atoms with E-state index < -0.39 is 0 Å². The van der Waals surface area contributed by atoms with Crippen molar-refractivity contribution >= 4 is 29.0 Å². The number of thiophene rings is 1. The van der Waals surface area contributed by atoms with Gasteiger partial charge in [0.25, 0.3) is 5.91 Å². The Kier molecular flexibility index (Phi) is 5.49. The number of aryl methyl sites for hydroxylation is 1. The van der Waals surface area contributed by atoms with Crippen LogP contribution in [0.2, 0.25) is 0 Å². The number of amides is 1. The molecule has 1 aromatic heterocycles. The number of aliphatic hydroxyl groups is 1. The van der Waals surface area contributed by atoms with Gasteiger partial charge in [-0.25, -0.2) is 0 Å². The monoisotopic (exact) mass is 287 g/mol. The zero-order valence-electron chi connectivity index (χ0n) is 10.1. The molecule has 6 heteroatoms. The first kappa shape index (κ1) is 13.9. The Morgan fingerprint density at radius 3 is 3.17 bits per heavy atom. The molecule has 0 aliphatic carbocycles. The second-order valence-corrected chi connectivity index (χ2v) is 6.20. The van der Waals surface area contributed by atoms with Crippen LogP contribution in [0.3, 0.4) is 0 Å². The van der Waals surface area contributed by atoms with Crippen LogP contribution in [-0.4, -0.2) is 43.1 Å². The Labute approximate surface area is 115 Å². The first-order chi connectivity index (χ1) is 8.81. The van der Waals surface area contributed by atoms with Crippen LogP contribution in [0, 0.1) is 0 Å². The molecule has 4 nitrogen and oxygen atoms in total. The minimum atomic E-state index is -0.0213. The Morgan fingerprint density at radius 1 is 1.50 bits per heavy atom. The molecule has 0 bridgehead atoms. The molecule has 1 aromatic rings. The van der Waals surface area contributed by atoms with Crippen LogP contribution in [0.25, 0.3) is 0 Å². The van der Waals surface area contributed by atoms with E-state index >= 15 is 0 Å². The van der Waals surface area contributed by atoms with Gasteiger partial charge >= 0.3 is 0 Å². The number of rotatable bonds is 6. The van der Waals surface area contributed by atoms with Crippen molar-refractivity contribution in [3.05, 3.63) is 21.4 Å². The predicted octanol–water partition coefficient (Wildman–Crippen LogP) is 1.28. The number of hydrogen-bond donors (Lipinski definition) is 2. The molecule has 0 unspecified atom stereocenters. The number of hydrogen-bond acceptors (Lipinski definition) is 5. The van der Waals surface area contributed by atoms with E-state index in [4.69, 9.17) is 9.84 Å². The molecule has 1 aliphatic rings. The number of aliphatic hydroxyl groups excluding tert-OH is 1. The van der Waals surface area contributed by atoms with Crippen LogP contribution in [0.1, 0.15) is 20.1 Å². The highest BCUT2D eigenvalue weighted by Crippen LogP contribution is 2.31. The maximum absolute atomic E-state index is 11.9. The van der Waals surface area contributed by atoms with Crippen LogP contribution < -0.4 is 5.32 Å². The van der Waals surface area contributed by atoms with Crippen molar-refractivity contribution in [3.8, 4) is 0 Å². The fraction of sp³-hybridized carbons (Fsp3) is 0.583. The third-order valence-electron chi connectivity index (χ3n) is 2.62. The van der Waals surface area contributed by atoms with Gasteiger partial charge in [0, 0.05) is 17.2 Å². The second-order valence-electron chi connectivity index (χ2n) is 3.95. The van der Waals surface area contributed by atoms with Crippen LogP contribution >= 0.6 is 23.1 Å². The molecule has 0 spiro atoms. The van der Waals surface area contributed by atoms with E-state index in [9.17, 15) is 4.79 Å². The zero-order chi connectivity index (χ0) is 12.8. The number of carbonyl (C=O) groups excluding carboxylic acids is 1. The number of nitrogens with one attached hydrogen (secondary N) is 1. The van der Waals surface area contributed by atoms with E-state index in [-0.39, 0.29) is 12.5 Å². The largest absolute Gasteiger partial charge is 0.394 e. The molecule has 2 heterocycles. The molecule has 0 saturated heterocycles. The minimum absolute atomic E-state index is 0.0171. The fourth-order valence-electron chi connectivity index (χ4n) is 1.75. The molecule has 100 valence electrons. The average molecular weight is 287 g/mol. The lowest BCUT2D eigenvalue weighted by Crippen LogP contribution is -2.26. The maximum atomic E-state index is 11.9. The van der Waals surface area contributed by atoms with Gasteiger partial charge in [-0.3, -0.25) is 4.79 Å². The summed E-state index contributed by atoms with van der Waals surface area (Å²) >= 11 is 3.53. The Balaban J connectivity index is 1.80. The lowest BCUT2D eigenvalue weighted by atomic mass is 10.2. The van der Waals surface area contributed by atoms with Crippen molar-refractivity contribution in [2.75, 3.05) is 32.1 Å². The third kappa shape index (κ3) is 3.71. The van der Waals surface area contributed by atoms with Crippen molar-refractivity contribution in [3.63, 3.8) is 0 Å². The van der Waals surface area contributed by atoms with E-state index in [1.54, 1.807) is 11.3 Å². The van der Waals surface area contributed by atoms with E-state index in [1.807, 2.05) is 17.8 Å². The molecule has 0 atom stereocenters. The van der Waals surface area contributed by atoms with Crippen LogP contribution in [0.5, 0.6) is 0 Å². The van der Waals surface area contributed by atoms with E-state index in [0.717, 1.165) is 22.8 Å². The summed E-state index contributed by atoms with van der Waals surface area (Å²) in [5, 5.41) is 11.4. The van der Waals surface area contributed by atoms with Gasteiger partial charge in [-0.1, -0.05) is 0 Å². The van der Waals surface area contributed by atoms with Gasteiger partial charge in [0.05, 0.1) is 24.7 Å². The second kappa shape index (κ2) is 7.13. The van der Waals surface area contributed by atoms with Crippen molar-refractivity contribution in [2.45, 2.75) is 12.2 Å². The summed E-state index contributed by atoms with van der Waals surface area (Å²) in [6, 6.07) is 2.01. The normalized spacial score (nSPS) is 14.3. The summed E-state index contributed by atoms with van der Waals surface area (Å²) in [6.45, 7) is 1.26. The topological polar surface area (TPSA) is 58.6 Å². The molecule has 1 amide bonds. The highest BCUT2D eigenvalue weighted by molar-refractivity contribution is 7.98. The smallest absolute Gasteiger partial charge is 0.261 e. The summed E-state index contributed by atoms with van der Waals surface area (Å²) < 4.78 is 5.09. The SMILES string of the molecule is O=C(NCCOCCO)c1cc2c(s1)CCSC2. The van der Waals surface area contributed by atoms with E-state index in [2.05, 4.69) is 5.32 Å². The molecule has 0 radical (unpaired) electrons. The lowest BCUT2D eigenvalue weighted by Gasteiger charge is -2.08. The minimum Gasteiger partial charge on any atom is -0.394 e. The molecule has 0 aromatic carbocycles. The first-order valence-electron chi connectivity index (χ1n) is 5.97. The number of ether oxygens (including phenoxy) is 1. The van der Waals surface area contributed by atoms with Crippen molar-refractivity contribution in [2.24, 2.45) is 0 Å². The molecular formula is C12H17NO3S2. The Hall–Kier alpha value is -0.560. The molecule has 0 saturated carbocycles. The van der Waals surface area contributed by atoms with Gasteiger partial charge in [0.2, 0.25) is 0 Å². The highest BCUT2D eigenvalue weighted by Gasteiger charge is 2.16. The van der Waals surface area contributed by atoms with E-state index in [0.29, 0.717) is 19.8 Å². The molecular weight excluding hydrogens is 270 g/mol.